The Morgan fingerprint density at radius 2 is 1.76 bits per heavy atom. The molecule has 0 aliphatic heterocycles. The molecule has 1 rings (SSSR count). The van der Waals surface area contributed by atoms with Crippen molar-refractivity contribution < 1.29 is 19.5 Å². The highest BCUT2D eigenvalue weighted by atomic mass is 35.5. The predicted molar refractivity (Wildman–Crippen MR) is 79.9 cm³/mol. The van der Waals surface area contributed by atoms with Crippen LogP contribution in [0.3, 0.4) is 0 Å². The topological polar surface area (TPSA) is 109 Å². The highest BCUT2D eigenvalue weighted by Gasteiger charge is 2.19. The molecule has 4 N–H and O–H groups in total. The molecule has 0 saturated heterocycles. The largest absolute Gasteiger partial charge is 0.480 e. The van der Waals surface area contributed by atoms with Crippen molar-refractivity contribution in [2.75, 3.05) is 0 Å². The predicted octanol–water partition coefficient (Wildman–Crippen LogP) is 0.917. The van der Waals surface area contributed by atoms with Crippen LogP contribution in [0.4, 0.5) is 0 Å². The number of hydrogen-bond donors (Lipinski definition) is 3. The molecular formula is C14H19ClN2O4. The van der Waals surface area contributed by atoms with Crippen molar-refractivity contribution >= 4 is 28.7 Å². The van der Waals surface area contributed by atoms with Crippen molar-refractivity contribution in [3.63, 3.8) is 0 Å². The Balaban J connectivity index is 0.000000885. The van der Waals surface area contributed by atoms with Crippen LogP contribution in [-0.2, 0) is 20.8 Å². The highest BCUT2D eigenvalue weighted by Crippen LogP contribution is 2.02. The van der Waals surface area contributed by atoms with E-state index < -0.39 is 24.0 Å². The first-order chi connectivity index (χ1) is 9.73. The third-order valence-electron chi connectivity index (χ3n) is 2.36. The number of amides is 1. The van der Waals surface area contributed by atoms with Crippen molar-refractivity contribution in [1.29, 1.82) is 0 Å². The van der Waals surface area contributed by atoms with Gasteiger partial charge in [-0.05, 0) is 30.5 Å². The third-order valence-corrected chi connectivity index (χ3v) is 2.36. The fourth-order valence-electron chi connectivity index (χ4n) is 1.34. The number of rotatable bonds is 5. The molecule has 0 heterocycles. The van der Waals surface area contributed by atoms with Gasteiger partial charge in [-0.15, -0.1) is 0 Å². The molecule has 0 spiro atoms. The maximum atomic E-state index is 11.6. The van der Waals surface area contributed by atoms with Gasteiger partial charge >= 0.3 is 5.97 Å². The molecule has 0 saturated carbocycles. The molecular weight excluding hydrogens is 296 g/mol. The average molecular weight is 315 g/mol. The summed E-state index contributed by atoms with van der Waals surface area (Å²) < 4.78 is 0. The molecule has 1 amide bonds. The zero-order valence-electron chi connectivity index (χ0n) is 11.9. The average Bonchev–Trinajstić information content (AvgIpc) is 2.38. The van der Waals surface area contributed by atoms with Gasteiger partial charge in [-0.2, -0.15) is 0 Å². The molecule has 0 aromatic heterocycles. The van der Waals surface area contributed by atoms with E-state index in [1.54, 1.807) is 0 Å². The van der Waals surface area contributed by atoms with Crippen molar-refractivity contribution in [3.8, 4) is 0 Å². The van der Waals surface area contributed by atoms with Crippen LogP contribution in [0.25, 0.3) is 0 Å². The first kappa shape index (κ1) is 19.1. The van der Waals surface area contributed by atoms with Crippen LogP contribution in [0.5, 0.6) is 0 Å². The number of carboxylic acids is 1. The Hall–Kier alpha value is -1.92. The Morgan fingerprint density at radius 3 is 2.19 bits per heavy atom. The summed E-state index contributed by atoms with van der Waals surface area (Å²) in [7, 11) is 0. The lowest BCUT2D eigenvalue weighted by molar-refractivity contribution is -0.141. The summed E-state index contributed by atoms with van der Waals surface area (Å²) in [5, 5.41) is 10.6. The summed E-state index contributed by atoms with van der Waals surface area (Å²) in [6.07, 6.45) is 0.388. The Morgan fingerprint density at radius 1 is 1.29 bits per heavy atom. The second kappa shape index (κ2) is 9.90. The number of hydrogen-bond acceptors (Lipinski definition) is 4. The summed E-state index contributed by atoms with van der Waals surface area (Å²) in [5.74, 6) is -1.53. The molecule has 0 unspecified atom stereocenters. The number of nitrogens with one attached hydrogen (secondary N) is 1. The number of carbonyl (C=O) groups excluding carboxylic acids is 2. The van der Waals surface area contributed by atoms with Crippen LogP contribution in [0.15, 0.2) is 30.3 Å². The van der Waals surface area contributed by atoms with Gasteiger partial charge in [0.15, 0.2) is 0 Å². The Labute approximate surface area is 128 Å². The third kappa shape index (κ3) is 9.59. The molecule has 0 aliphatic carbocycles. The van der Waals surface area contributed by atoms with E-state index in [0.717, 1.165) is 5.56 Å². The van der Waals surface area contributed by atoms with Gasteiger partial charge in [0.2, 0.25) is 11.1 Å². The van der Waals surface area contributed by atoms with E-state index in [2.05, 4.69) is 16.9 Å². The lowest BCUT2D eigenvalue weighted by Gasteiger charge is -2.14. The van der Waals surface area contributed by atoms with E-state index in [0.29, 0.717) is 6.42 Å². The summed E-state index contributed by atoms with van der Waals surface area (Å²) in [6.45, 7) is 2.69. The van der Waals surface area contributed by atoms with E-state index in [4.69, 9.17) is 10.8 Å². The maximum Gasteiger partial charge on any atom is 0.325 e. The Bertz CT molecular complexity index is 475. The molecule has 1 aromatic rings. The maximum absolute atomic E-state index is 11.6. The van der Waals surface area contributed by atoms with Gasteiger partial charge in [0, 0.05) is 6.92 Å². The quantitative estimate of drug-likeness (QED) is 0.700. The van der Waals surface area contributed by atoms with Crippen molar-refractivity contribution in [1.82, 2.24) is 5.32 Å². The van der Waals surface area contributed by atoms with Gasteiger partial charge in [0.25, 0.3) is 0 Å². The van der Waals surface area contributed by atoms with Crippen molar-refractivity contribution in [2.45, 2.75) is 32.4 Å². The van der Waals surface area contributed by atoms with Crippen molar-refractivity contribution in [2.24, 2.45) is 5.73 Å². The van der Waals surface area contributed by atoms with Crippen LogP contribution in [0, 0.1) is 0 Å². The van der Waals surface area contributed by atoms with Crippen LogP contribution >= 0.6 is 11.6 Å². The first-order valence-electron chi connectivity index (χ1n) is 6.22. The number of carboxylic acid groups (broad SMARTS) is 1. The van der Waals surface area contributed by atoms with Crippen LogP contribution in [0.1, 0.15) is 19.4 Å². The molecule has 21 heavy (non-hydrogen) atoms. The lowest BCUT2D eigenvalue weighted by Crippen LogP contribution is -2.47. The summed E-state index contributed by atoms with van der Waals surface area (Å²) in [6, 6.07) is 7.67. The molecule has 7 heteroatoms. The van der Waals surface area contributed by atoms with Crippen LogP contribution in [0.2, 0.25) is 0 Å². The Kier molecular flexibility index (Phi) is 9.00. The molecule has 6 nitrogen and oxygen atoms in total. The minimum Gasteiger partial charge on any atom is -0.480 e. The van der Waals surface area contributed by atoms with Gasteiger partial charge in [0.05, 0.1) is 6.04 Å². The lowest BCUT2D eigenvalue weighted by atomic mass is 10.1. The highest BCUT2D eigenvalue weighted by molar-refractivity contribution is 6.62. The second-order valence-electron chi connectivity index (χ2n) is 4.33. The first-order valence-corrected chi connectivity index (χ1v) is 6.60. The van der Waals surface area contributed by atoms with Crippen LogP contribution in [-0.4, -0.2) is 34.3 Å². The molecule has 1 aromatic carbocycles. The SMILES string of the molecule is CC(=O)Cl.C[C@H](NC(=O)[C@@H](N)Cc1ccccc1)C(=O)O. The standard InChI is InChI=1S/C12H16N2O3.C2H3ClO/c1-8(12(16)17)14-11(15)10(13)7-9-5-3-2-4-6-9;1-2(3)4/h2-6,8,10H,7,13H2,1H3,(H,14,15)(H,16,17);1H3/t8-,10-;/m0./s1. The zero-order valence-corrected chi connectivity index (χ0v) is 12.6. The van der Waals surface area contributed by atoms with E-state index in [1.165, 1.54) is 13.8 Å². The van der Waals surface area contributed by atoms with E-state index >= 15 is 0 Å². The number of benzene rings is 1. The normalized spacial score (nSPS) is 12.4. The molecule has 0 bridgehead atoms. The van der Waals surface area contributed by atoms with Gasteiger partial charge in [0.1, 0.15) is 6.04 Å². The van der Waals surface area contributed by atoms with E-state index in [9.17, 15) is 14.4 Å². The zero-order chi connectivity index (χ0) is 16.4. The van der Waals surface area contributed by atoms with E-state index in [1.807, 2.05) is 30.3 Å². The number of aliphatic carboxylic acids is 1. The summed E-state index contributed by atoms with van der Waals surface area (Å²) in [4.78, 5) is 31.3. The molecule has 116 valence electrons. The monoisotopic (exact) mass is 314 g/mol. The number of carbonyl (C=O) groups is 3. The van der Waals surface area contributed by atoms with Crippen LogP contribution < -0.4 is 11.1 Å². The van der Waals surface area contributed by atoms with Gasteiger partial charge in [-0.1, -0.05) is 30.3 Å². The number of halogens is 1. The number of nitrogens with two attached hydrogens (primary N) is 1. The second-order valence-corrected chi connectivity index (χ2v) is 4.87. The van der Waals surface area contributed by atoms with Crippen molar-refractivity contribution in [3.05, 3.63) is 35.9 Å². The fourth-order valence-corrected chi connectivity index (χ4v) is 1.34. The smallest absolute Gasteiger partial charge is 0.325 e. The molecule has 2 atom stereocenters. The summed E-state index contributed by atoms with van der Waals surface area (Å²) in [5.41, 5.74) is 6.64. The molecule has 0 aliphatic rings. The van der Waals surface area contributed by atoms with Gasteiger partial charge in [-0.3, -0.25) is 14.4 Å². The van der Waals surface area contributed by atoms with Gasteiger partial charge in [-0.25, -0.2) is 0 Å². The minimum absolute atomic E-state index is 0.361. The minimum atomic E-state index is -1.08. The van der Waals surface area contributed by atoms with Gasteiger partial charge < -0.3 is 16.2 Å². The molecule has 0 fully saturated rings. The van der Waals surface area contributed by atoms with E-state index in [-0.39, 0.29) is 5.24 Å². The summed E-state index contributed by atoms with van der Waals surface area (Å²) >= 11 is 4.64. The fraction of sp³-hybridized carbons (Fsp3) is 0.357. The molecule has 0 radical (unpaired) electrons.